The Morgan fingerprint density at radius 2 is 2.05 bits per heavy atom. The zero-order valence-electron chi connectivity index (χ0n) is 11.1. The van der Waals surface area contributed by atoms with Gasteiger partial charge in [0.1, 0.15) is 5.82 Å². The lowest BCUT2D eigenvalue weighted by Gasteiger charge is -2.27. The standard InChI is InChI=1S/C14H19Cl2FN2/c1-19(11-3-2-7-18-8-6-11)9-10-4-5-12(17)14(16)13(10)15/h4-5,11,18H,2-3,6-9H2,1H3. The first-order chi connectivity index (χ1) is 9.09. The maximum absolute atomic E-state index is 13.3. The van der Waals surface area contributed by atoms with Crippen LogP contribution in [0.3, 0.4) is 0 Å². The minimum absolute atomic E-state index is 0.0232. The van der Waals surface area contributed by atoms with Gasteiger partial charge in [0, 0.05) is 12.6 Å². The summed E-state index contributed by atoms with van der Waals surface area (Å²) in [5.74, 6) is -0.461. The SMILES string of the molecule is CN(Cc1ccc(F)c(Cl)c1Cl)C1CCCNCC1. The molecule has 0 spiro atoms. The Morgan fingerprint density at radius 3 is 2.84 bits per heavy atom. The van der Waals surface area contributed by atoms with Gasteiger partial charge in [0.2, 0.25) is 0 Å². The van der Waals surface area contributed by atoms with Crippen molar-refractivity contribution in [2.45, 2.75) is 31.8 Å². The number of hydrogen-bond acceptors (Lipinski definition) is 2. The number of rotatable bonds is 3. The highest BCUT2D eigenvalue weighted by atomic mass is 35.5. The molecule has 1 aromatic rings. The van der Waals surface area contributed by atoms with E-state index in [0.717, 1.165) is 25.1 Å². The van der Waals surface area contributed by atoms with E-state index in [1.54, 1.807) is 6.07 Å². The van der Waals surface area contributed by atoms with Crippen molar-refractivity contribution in [3.63, 3.8) is 0 Å². The normalized spacial score (nSPS) is 20.6. The molecular weight excluding hydrogens is 286 g/mol. The average Bonchev–Trinajstić information content (AvgIpc) is 2.68. The van der Waals surface area contributed by atoms with Crippen LogP contribution in [0, 0.1) is 5.82 Å². The second-order valence-electron chi connectivity index (χ2n) is 5.08. The smallest absolute Gasteiger partial charge is 0.143 e. The molecule has 0 radical (unpaired) electrons. The van der Waals surface area contributed by atoms with E-state index < -0.39 is 5.82 Å². The summed E-state index contributed by atoms with van der Waals surface area (Å²) >= 11 is 11.9. The van der Waals surface area contributed by atoms with Crippen molar-refractivity contribution in [3.8, 4) is 0 Å². The van der Waals surface area contributed by atoms with Gasteiger partial charge in [-0.2, -0.15) is 0 Å². The number of benzene rings is 1. The van der Waals surface area contributed by atoms with Gasteiger partial charge >= 0.3 is 0 Å². The lowest BCUT2D eigenvalue weighted by Crippen LogP contribution is -2.32. The van der Waals surface area contributed by atoms with Crippen molar-refractivity contribution in [1.29, 1.82) is 0 Å². The van der Waals surface area contributed by atoms with Crippen LogP contribution in [0.5, 0.6) is 0 Å². The largest absolute Gasteiger partial charge is 0.317 e. The van der Waals surface area contributed by atoms with E-state index in [4.69, 9.17) is 23.2 Å². The topological polar surface area (TPSA) is 15.3 Å². The van der Waals surface area contributed by atoms with Crippen molar-refractivity contribution >= 4 is 23.2 Å². The highest BCUT2D eigenvalue weighted by Gasteiger charge is 2.18. The lowest BCUT2D eigenvalue weighted by atomic mass is 10.1. The Bertz CT molecular complexity index is 432. The Morgan fingerprint density at radius 1 is 1.26 bits per heavy atom. The van der Waals surface area contributed by atoms with Crippen molar-refractivity contribution < 1.29 is 4.39 Å². The van der Waals surface area contributed by atoms with Crippen LogP contribution < -0.4 is 5.32 Å². The number of halogens is 3. The zero-order chi connectivity index (χ0) is 13.8. The van der Waals surface area contributed by atoms with Crippen molar-refractivity contribution in [2.75, 3.05) is 20.1 Å². The molecule has 0 saturated carbocycles. The molecule has 0 aromatic heterocycles. The van der Waals surface area contributed by atoms with Crippen LogP contribution in [-0.2, 0) is 6.54 Å². The third kappa shape index (κ3) is 3.82. The predicted octanol–water partition coefficient (Wildman–Crippen LogP) is 3.71. The summed E-state index contributed by atoms with van der Waals surface area (Å²) in [6.45, 7) is 2.84. The van der Waals surface area contributed by atoms with E-state index in [0.29, 0.717) is 17.6 Å². The second-order valence-corrected chi connectivity index (χ2v) is 5.84. The van der Waals surface area contributed by atoms with Gasteiger partial charge in [-0.05, 0) is 51.0 Å². The molecule has 1 heterocycles. The monoisotopic (exact) mass is 304 g/mol. The van der Waals surface area contributed by atoms with Gasteiger partial charge < -0.3 is 5.32 Å². The fourth-order valence-corrected chi connectivity index (χ4v) is 2.92. The van der Waals surface area contributed by atoms with E-state index in [1.165, 1.54) is 18.9 Å². The summed E-state index contributed by atoms with van der Waals surface area (Å²) in [6.07, 6.45) is 3.49. The molecule has 106 valence electrons. The van der Waals surface area contributed by atoms with Gasteiger partial charge in [-0.25, -0.2) is 4.39 Å². The molecule has 0 aliphatic carbocycles. The van der Waals surface area contributed by atoms with Gasteiger partial charge in [0.15, 0.2) is 0 Å². The van der Waals surface area contributed by atoms with Crippen LogP contribution in [-0.4, -0.2) is 31.1 Å². The van der Waals surface area contributed by atoms with Crippen LogP contribution in [0.1, 0.15) is 24.8 Å². The maximum atomic E-state index is 13.3. The summed E-state index contributed by atoms with van der Waals surface area (Å²) < 4.78 is 13.3. The summed E-state index contributed by atoms with van der Waals surface area (Å²) in [5, 5.41) is 3.76. The van der Waals surface area contributed by atoms with E-state index in [1.807, 2.05) is 0 Å². The van der Waals surface area contributed by atoms with Gasteiger partial charge in [-0.1, -0.05) is 29.3 Å². The van der Waals surface area contributed by atoms with Crippen molar-refractivity contribution in [3.05, 3.63) is 33.6 Å². The quantitative estimate of drug-likeness (QED) is 0.857. The van der Waals surface area contributed by atoms with E-state index in [9.17, 15) is 4.39 Å². The summed E-state index contributed by atoms with van der Waals surface area (Å²) in [6, 6.07) is 3.64. The van der Waals surface area contributed by atoms with Gasteiger partial charge in [0.05, 0.1) is 10.0 Å². The minimum atomic E-state index is -0.461. The van der Waals surface area contributed by atoms with Gasteiger partial charge in [-0.3, -0.25) is 4.90 Å². The molecule has 19 heavy (non-hydrogen) atoms. The van der Waals surface area contributed by atoms with Crippen LogP contribution in [0.25, 0.3) is 0 Å². The molecule has 1 aromatic carbocycles. The first-order valence-corrected chi connectivity index (χ1v) is 7.38. The molecule has 1 aliphatic heterocycles. The minimum Gasteiger partial charge on any atom is -0.317 e. The molecule has 0 bridgehead atoms. The Hall–Kier alpha value is -0.350. The van der Waals surface area contributed by atoms with Crippen LogP contribution >= 0.6 is 23.2 Å². The first kappa shape index (κ1) is 15.0. The van der Waals surface area contributed by atoms with Crippen molar-refractivity contribution in [2.24, 2.45) is 0 Å². The third-order valence-electron chi connectivity index (χ3n) is 3.70. The maximum Gasteiger partial charge on any atom is 0.143 e. The number of nitrogens with zero attached hydrogens (tertiary/aromatic N) is 1. The molecule has 1 saturated heterocycles. The Labute approximate surface area is 123 Å². The van der Waals surface area contributed by atoms with Crippen LogP contribution in [0.2, 0.25) is 10.0 Å². The third-order valence-corrected chi connectivity index (χ3v) is 4.60. The molecule has 1 atom stereocenters. The predicted molar refractivity (Wildman–Crippen MR) is 78.4 cm³/mol. The lowest BCUT2D eigenvalue weighted by molar-refractivity contribution is 0.216. The highest BCUT2D eigenvalue weighted by Crippen LogP contribution is 2.29. The van der Waals surface area contributed by atoms with E-state index in [2.05, 4.69) is 17.3 Å². The highest BCUT2D eigenvalue weighted by molar-refractivity contribution is 6.42. The first-order valence-electron chi connectivity index (χ1n) is 6.63. The Balaban J connectivity index is 2.05. The molecule has 1 fully saturated rings. The van der Waals surface area contributed by atoms with Gasteiger partial charge in [-0.15, -0.1) is 0 Å². The Kier molecular flexibility index (Phi) is 5.46. The average molecular weight is 305 g/mol. The fourth-order valence-electron chi connectivity index (χ4n) is 2.53. The summed E-state index contributed by atoms with van der Waals surface area (Å²) in [4.78, 5) is 2.28. The molecule has 1 aliphatic rings. The van der Waals surface area contributed by atoms with Crippen molar-refractivity contribution in [1.82, 2.24) is 10.2 Å². The van der Waals surface area contributed by atoms with E-state index in [-0.39, 0.29) is 5.02 Å². The molecule has 5 heteroatoms. The number of hydrogen-bond donors (Lipinski definition) is 1. The number of nitrogens with one attached hydrogen (secondary N) is 1. The van der Waals surface area contributed by atoms with Crippen LogP contribution in [0.4, 0.5) is 4.39 Å². The molecule has 1 unspecified atom stereocenters. The summed E-state index contributed by atoms with van der Waals surface area (Å²) in [7, 11) is 2.09. The molecule has 2 rings (SSSR count). The fraction of sp³-hybridized carbons (Fsp3) is 0.571. The molecular formula is C14H19Cl2FN2. The van der Waals surface area contributed by atoms with E-state index >= 15 is 0 Å². The van der Waals surface area contributed by atoms with Crippen LogP contribution in [0.15, 0.2) is 12.1 Å². The summed E-state index contributed by atoms with van der Waals surface area (Å²) in [5.41, 5.74) is 0.882. The molecule has 0 amide bonds. The van der Waals surface area contributed by atoms with Gasteiger partial charge in [0.25, 0.3) is 0 Å². The molecule has 2 nitrogen and oxygen atoms in total. The molecule has 1 N–H and O–H groups in total. The zero-order valence-corrected chi connectivity index (χ0v) is 12.6. The second kappa shape index (κ2) is 6.89.